The van der Waals surface area contributed by atoms with Gasteiger partial charge in [0.1, 0.15) is 11.8 Å². The second-order valence-corrected chi connectivity index (χ2v) is 10.2. The number of nitrogens with zero attached hydrogens (tertiary/aromatic N) is 1. The van der Waals surface area contributed by atoms with E-state index in [1.165, 1.54) is 4.90 Å². The highest BCUT2D eigenvalue weighted by Crippen LogP contribution is 2.24. The third kappa shape index (κ3) is 8.16. The van der Waals surface area contributed by atoms with Gasteiger partial charge in [0.05, 0.1) is 10.0 Å². The Hall–Kier alpha value is -1.51. The van der Waals surface area contributed by atoms with Gasteiger partial charge in [-0.05, 0) is 91.7 Å². The molecular weight excluding hydrogens is 550 g/mol. The van der Waals surface area contributed by atoms with Crippen LogP contribution in [0, 0.1) is 3.57 Å². The molecule has 2 amide bonds. The summed E-state index contributed by atoms with van der Waals surface area (Å²) in [6.45, 7) is 7.62. The van der Waals surface area contributed by atoms with Gasteiger partial charge in [-0.1, -0.05) is 36.2 Å². The van der Waals surface area contributed by atoms with Crippen LogP contribution in [0.5, 0.6) is 5.75 Å². The zero-order chi connectivity index (χ0) is 23.2. The van der Waals surface area contributed by atoms with E-state index < -0.39 is 11.6 Å². The standard InChI is InChI=1S/C23H27Cl2IN2O3/c1-5-20(22(30)27-23(2,3)4)28(13-15-6-11-18(24)19(25)12-15)21(29)14-31-17-9-7-16(26)8-10-17/h6-12,20H,5,13-14H2,1-4H3,(H,27,30)/t20-/m0/s1. The van der Waals surface area contributed by atoms with E-state index in [-0.39, 0.29) is 25.0 Å². The van der Waals surface area contributed by atoms with E-state index in [0.29, 0.717) is 22.2 Å². The fourth-order valence-corrected chi connectivity index (χ4v) is 3.65. The van der Waals surface area contributed by atoms with Crippen LogP contribution < -0.4 is 10.1 Å². The number of carbonyl (C=O) groups is 2. The molecule has 168 valence electrons. The van der Waals surface area contributed by atoms with E-state index in [2.05, 4.69) is 27.9 Å². The number of halogens is 3. The molecule has 0 aliphatic rings. The van der Waals surface area contributed by atoms with Gasteiger partial charge >= 0.3 is 0 Å². The topological polar surface area (TPSA) is 58.6 Å². The number of hydrogen-bond acceptors (Lipinski definition) is 3. The van der Waals surface area contributed by atoms with Crippen LogP contribution in [0.3, 0.4) is 0 Å². The Morgan fingerprint density at radius 1 is 1.10 bits per heavy atom. The number of carbonyl (C=O) groups excluding carboxylic acids is 2. The van der Waals surface area contributed by atoms with E-state index in [9.17, 15) is 9.59 Å². The lowest BCUT2D eigenvalue weighted by Crippen LogP contribution is -2.54. The molecule has 1 N–H and O–H groups in total. The molecule has 0 saturated carbocycles. The molecule has 5 nitrogen and oxygen atoms in total. The predicted molar refractivity (Wildman–Crippen MR) is 134 cm³/mol. The summed E-state index contributed by atoms with van der Waals surface area (Å²) in [5.41, 5.74) is 0.361. The number of amides is 2. The quantitative estimate of drug-likeness (QED) is 0.410. The van der Waals surface area contributed by atoms with Gasteiger partial charge in [0.2, 0.25) is 5.91 Å². The second kappa shape index (κ2) is 11.4. The lowest BCUT2D eigenvalue weighted by molar-refractivity contribution is -0.143. The van der Waals surface area contributed by atoms with Crippen LogP contribution in [0.15, 0.2) is 42.5 Å². The fourth-order valence-electron chi connectivity index (χ4n) is 2.97. The van der Waals surface area contributed by atoms with Crippen molar-refractivity contribution < 1.29 is 14.3 Å². The zero-order valence-electron chi connectivity index (χ0n) is 18.0. The van der Waals surface area contributed by atoms with E-state index in [1.54, 1.807) is 18.2 Å². The van der Waals surface area contributed by atoms with E-state index >= 15 is 0 Å². The van der Waals surface area contributed by atoms with Gasteiger partial charge in [-0.3, -0.25) is 9.59 Å². The summed E-state index contributed by atoms with van der Waals surface area (Å²) in [6, 6.07) is 12.0. The molecule has 0 spiro atoms. The number of hydrogen-bond donors (Lipinski definition) is 1. The molecule has 0 aliphatic carbocycles. The van der Waals surface area contributed by atoms with E-state index in [4.69, 9.17) is 27.9 Å². The summed E-state index contributed by atoms with van der Waals surface area (Å²) in [6.07, 6.45) is 0.457. The van der Waals surface area contributed by atoms with Gasteiger partial charge in [0.25, 0.3) is 5.91 Å². The number of rotatable bonds is 8. The molecule has 2 aromatic rings. The molecule has 0 saturated heterocycles. The first kappa shape index (κ1) is 25.7. The number of ether oxygens (including phenoxy) is 1. The Balaban J connectivity index is 2.25. The van der Waals surface area contributed by atoms with Crippen LogP contribution in [0.4, 0.5) is 0 Å². The van der Waals surface area contributed by atoms with Crippen molar-refractivity contribution >= 4 is 57.6 Å². The highest BCUT2D eigenvalue weighted by Gasteiger charge is 2.31. The minimum Gasteiger partial charge on any atom is -0.484 e. The first-order valence-electron chi connectivity index (χ1n) is 9.94. The normalized spacial score (nSPS) is 12.2. The van der Waals surface area contributed by atoms with Crippen LogP contribution in [0.2, 0.25) is 10.0 Å². The highest BCUT2D eigenvalue weighted by atomic mass is 127. The van der Waals surface area contributed by atoms with Crippen LogP contribution in [0.25, 0.3) is 0 Å². The predicted octanol–water partition coefficient (Wildman–Crippen LogP) is 5.70. The fraction of sp³-hybridized carbons (Fsp3) is 0.391. The average Bonchev–Trinajstić information content (AvgIpc) is 2.68. The lowest BCUT2D eigenvalue weighted by atomic mass is 10.1. The molecule has 2 aromatic carbocycles. The summed E-state index contributed by atoms with van der Waals surface area (Å²) in [7, 11) is 0. The molecule has 0 aromatic heterocycles. The molecule has 0 aliphatic heterocycles. The van der Waals surface area contributed by atoms with Crippen molar-refractivity contribution in [3.8, 4) is 5.75 Å². The first-order valence-corrected chi connectivity index (χ1v) is 11.8. The van der Waals surface area contributed by atoms with Crippen LogP contribution in [-0.2, 0) is 16.1 Å². The average molecular weight is 577 g/mol. The third-order valence-corrected chi connectivity index (χ3v) is 5.86. The van der Waals surface area contributed by atoms with Gasteiger partial charge in [-0.15, -0.1) is 0 Å². The molecule has 8 heteroatoms. The van der Waals surface area contributed by atoms with Crippen LogP contribution in [-0.4, -0.2) is 34.9 Å². The Morgan fingerprint density at radius 2 is 1.74 bits per heavy atom. The molecule has 0 heterocycles. The Morgan fingerprint density at radius 3 is 2.29 bits per heavy atom. The molecule has 0 bridgehead atoms. The smallest absolute Gasteiger partial charge is 0.261 e. The monoisotopic (exact) mass is 576 g/mol. The maximum atomic E-state index is 13.2. The largest absolute Gasteiger partial charge is 0.484 e. The number of nitrogens with one attached hydrogen (secondary N) is 1. The van der Waals surface area contributed by atoms with Gasteiger partial charge in [-0.25, -0.2) is 0 Å². The van der Waals surface area contributed by atoms with Gasteiger partial charge in [-0.2, -0.15) is 0 Å². The summed E-state index contributed by atoms with van der Waals surface area (Å²) in [4.78, 5) is 27.7. The summed E-state index contributed by atoms with van der Waals surface area (Å²) in [5.74, 6) is 0.0913. The summed E-state index contributed by atoms with van der Waals surface area (Å²) < 4.78 is 6.76. The van der Waals surface area contributed by atoms with E-state index in [1.807, 2.05) is 52.0 Å². The first-order chi connectivity index (χ1) is 14.5. The second-order valence-electron chi connectivity index (χ2n) is 8.18. The van der Waals surface area contributed by atoms with Crippen molar-refractivity contribution in [2.75, 3.05) is 6.61 Å². The highest BCUT2D eigenvalue weighted by molar-refractivity contribution is 14.1. The third-order valence-electron chi connectivity index (χ3n) is 4.40. The number of benzene rings is 2. The van der Waals surface area contributed by atoms with E-state index in [0.717, 1.165) is 9.13 Å². The van der Waals surface area contributed by atoms with Crippen molar-refractivity contribution in [2.24, 2.45) is 0 Å². The molecule has 0 unspecified atom stereocenters. The molecular formula is C23H27Cl2IN2O3. The van der Waals surface area contributed by atoms with Gasteiger partial charge in [0, 0.05) is 15.7 Å². The van der Waals surface area contributed by atoms with Crippen molar-refractivity contribution in [3.63, 3.8) is 0 Å². The molecule has 2 rings (SSSR count). The molecule has 1 atom stereocenters. The zero-order valence-corrected chi connectivity index (χ0v) is 21.7. The van der Waals surface area contributed by atoms with Crippen LogP contribution in [0.1, 0.15) is 39.7 Å². The lowest BCUT2D eigenvalue weighted by Gasteiger charge is -2.33. The Bertz CT molecular complexity index is 914. The van der Waals surface area contributed by atoms with Crippen molar-refractivity contribution in [3.05, 3.63) is 61.6 Å². The van der Waals surface area contributed by atoms with Crippen LogP contribution >= 0.6 is 45.8 Å². The minimum absolute atomic E-state index is 0.179. The SMILES string of the molecule is CC[C@@H](C(=O)NC(C)(C)C)N(Cc1ccc(Cl)c(Cl)c1)C(=O)COc1ccc(I)cc1. The van der Waals surface area contributed by atoms with Crippen molar-refractivity contribution in [1.82, 2.24) is 10.2 Å². The molecule has 0 radical (unpaired) electrons. The maximum Gasteiger partial charge on any atom is 0.261 e. The maximum absolute atomic E-state index is 13.2. The van der Waals surface area contributed by atoms with Gasteiger partial charge in [0.15, 0.2) is 6.61 Å². The molecule has 0 fully saturated rings. The van der Waals surface area contributed by atoms with Crippen molar-refractivity contribution in [1.29, 1.82) is 0 Å². The van der Waals surface area contributed by atoms with Gasteiger partial charge < -0.3 is 15.0 Å². The Kier molecular flexibility index (Phi) is 9.45. The Labute approximate surface area is 207 Å². The molecule has 31 heavy (non-hydrogen) atoms. The van der Waals surface area contributed by atoms with Crippen molar-refractivity contribution in [2.45, 2.75) is 52.2 Å². The minimum atomic E-state index is -0.651. The summed E-state index contributed by atoms with van der Waals surface area (Å²) in [5, 5.41) is 3.80. The summed E-state index contributed by atoms with van der Waals surface area (Å²) >= 11 is 14.4.